The van der Waals surface area contributed by atoms with Gasteiger partial charge in [0.05, 0.1) is 0 Å². The zero-order valence-electron chi connectivity index (χ0n) is 12.8. The lowest BCUT2D eigenvalue weighted by Gasteiger charge is -2.09. The van der Waals surface area contributed by atoms with Gasteiger partial charge in [-0.15, -0.1) is 0 Å². The average molecular weight is 304 g/mol. The Kier molecular flexibility index (Phi) is 2.05. The molecule has 110 valence electrons. The van der Waals surface area contributed by atoms with Gasteiger partial charge in [-0.05, 0) is 44.7 Å². The molecule has 0 bridgehead atoms. The van der Waals surface area contributed by atoms with Crippen LogP contribution in [0.5, 0.6) is 0 Å². The van der Waals surface area contributed by atoms with Gasteiger partial charge >= 0.3 is 0 Å². The van der Waals surface area contributed by atoms with Crippen molar-refractivity contribution in [1.82, 2.24) is 0 Å². The van der Waals surface area contributed by atoms with Crippen LogP contribution >= 0.6 is 0 Å². The van der Waals surface area contributed by atoms with Crippen LogP contribution in [0.15, 0.2) is 72.8 Å². The monoisotopic (exact) mass is 304 g/mol. The highest BCUT2D eigenvalue weighted by Crippen LogP contribution is 2.52. The molecule has 0 saturated heterocycles. The number of hydrogen-bond donors (Lipinski definition) is 0. The van der Waals surface area contributed by atoms with Crippen LogP contribution in [-0.2, 0) is 0 Å². The van der Waals surface area contributed by atoms with Crippen LogP contribution in [0.3, 0.4) is 0 Å². The minimum Gasteiger partial charge on any atom is -0.289 e. The summed E-state index contributed by atoms with van der Waals surface area (Å²) in [4.78, 5) is 12.9. The van der Waals surface area contributed by atoms with Crippen molar-refractivity contribution in [2.24, 2.45) is 0 Å². The summed E-state index contributed by atoms with van der Waals surface area (Å²) in [6.07, 6.45) is 0. The first-order valence-electron chi connectivity index (χ1n) is 8.18. The molecule has 0 aliphatic heterocycles. The second kappa shape index (κ2) is 4.01. The fourth-order valence-corrected chi connectivity index (χ4v) is 4.39. The van der Waals surface area contributed by atoms with E-state index in [4.69, 9.17) is 0 Å². The van der Waals surface area contributed by atoms with E-state index in [0.29, 0.717) is 0 Å². The van der Waals surface area contributed by atoms with E-state index in [1.165, 1.54) is 33.0 Å². The molecule has 4 aromatic carbocycles. The first kappa shape index (κ1) is 12.3. The highest BCUT2D eigenvalue weighted by Gasteiger charge is 2.32. The molecule has 4 aromatic rings. The Balaban J connectivity index is 1.86. The van der Waals surface area contributed by atoms with Crippen LogP contribution in [0.2, 0.25) is 0 Å². The second-order valence-electron chi connectivity index (χ2n) is 6.50. The van der Waals surface area contributed by atoms with E-state index in [1.54, 1.807) is 0 Å². The second-order valence-corrected chi connectivity index (χ2v) is 6.50. The lowest BCUT2D eigenvalue weighted by molar-refractivity contribution is 0.104. The lowest BCUT2D eigenvalue weighted by Crippen LogP contribution is -1.95. The normalized spacial score (nSPS) is 13.1. The predicted molar refractivity (Wildman–Crippen MR) is 97.2 cm³/mol. The quantitative estimate of drug-likeness (QED) is 0.352. The minimum absolute atomic E-state index is 0.147. The Morgan fingerprint density at radius 3 is 1.92 bits per heavy atom. The van der Waals surface area contributed by atoms with Crippen LogP contribution in [0.4, 0.5) is 0 Å². The van der Waals surface area contributed by atoms with Gasteiger partial charge in [-0.25, -0.2) is 0 Å². The first-order chi connectivity index (χ1) is 11.8. The van der Waals surface area contributed by atoms with Crippen LogP contribution in [-0.4, -0.2) is 5.78 Å². The number of ketones is 1. The standard InChI is InChI=1S/C23H12O/c24-23-17-9-4-3-8-16(17)22-18-11-5-10-15-13-6-1-2-7-14(13)19(21(15)18)12-20(22)23/h1-12H. The summed E-state index contributed by atoms with van der Waals surface area (Å²) in [5.74, 6) is 0.147. The van der Waals surface area contributed by atoms with Crippen molar-refractivity contribution in [3.8, 4) is 33.4 Å². The largest absolute Gasteiger partial charge is 0.289 e. The maximum Gasteiger partial charge on any atom is 0.194 e. The van der Waals surface area contributed by atoms with Crippen LogP contribution in [0, 0.1) is 0 Å². The number of benzene rings is 4. The zero-order chi connectivity index (χ0) is 15.8. The highest BCUT2D eigenvalue weighted by atomic mass is 16.1. The Morgan fingerprint density at radius 2 is 1.12 bits per heavy atom. The molecule has 24 heavy (non-hydrogen) atoms. The maximum absolute atomic E-state index is 12.9. The van der Waals surface area contributed by atoms with E-state index in [0.717, 1.165) is 22.3 Å². The van der Waals surface area contributed by atoms with Crippen molar-refractivity contribution in [3.63, 3.8) is 0 Å². The molecule has 0 unspecified atom stereocenters. The summed E-state index contributed by atoms with van der Waals surface area (Å²) in [6, 6.07) is 25.0. The Morgan fingerprint density at radius 1 is 0.500 bits per heavy atom. The smallest absolute Gasteiger partial charge is 0.194 e. The molecule has 2 aliphatic carbocycles. The van der Waals surface area contributed by atoms with Crippen molar-refractivity contribution >= 4 is 16.6 Å². The van der Waals surface area contributed by atoms with E-state index >= 15 is 0 Å². The molecular formula is C23H12O. The van der Waals surface area contributed by atoms with Crippen LogP contribution in [0.25, 0.3) is 44.2 Å². The fourth-order valence-electron chi connectivity index (χ4n) is 4.39. The summed E-state index contributed by atoms with van der Waals surface area (Å²) in [6.45, 7) is 0. The topological polar surface area (TPSA) is 17.1 Å². The molecule has 0 atom stereocenters. The van der Waals surface area contributed by atoms with Crippen molar-refractivity contribution in [1.29, 1.82) is 0 Å². The SMILES string of the molecule is O=C1c2ccccc2-c2c1cc1c3c(cccc23)-c2ccccc2-1. The Bertz CT molecular complexity index is 1210. The molecule has 1 heteroatoms. The van der Waals surface area contributed by atoms with Crippen LogP contribution in [0.1, 0.15) is 15.9 Å². The zero-order valence-corrected chi connectivity index (χ0v) is 12.8. The number of carbonyl (C=O) groups is 1. The van der Waals surface area contributed by atoms with Gasteiger partial charge in [0.25, 0.3) is 0 Å². The molecule has 0 radical (unpaired) electrons. The number of carbonyl (C=O) groups excluding carboxylic acids is 1. The van der Waals surface area contributed by atoms with Crippen LogP contribution < -0.4 is 0 Å². The first-order valence-corrected chi connectivity index (χ1v) is 8.18. The predicted octanol–water partition coefficient (Wildman–Crippen LogP) is 5.70. The van der Waals surface area contributed by atoms with E-state index in [2.05, 4.69) is 54.6 Å². The average Bonchev–Trinajstić information content (AvgIpc) is 3.12. The van der Waals surface area contributed by atoms with E-state index < -0.39 is 0 Å². The Labute approximate surface area is 139 Å². The van der Waals surface area contributed by atoms with Crippen molar-refractivity contribution in [2.45, 2.75) is 0 Å². The molecule has 0 fully saturated rings. The lowest BCUT2D eigenvalue weighted by atomic mass is 9.93. The van der Waals surface area contributed by atoms with Crippen molar-refractivity contribution in [3.05, 3.63) is 83.9 Å². The molecule has 1 nitrogen and oxygen atoms in total. The molecule has 0 spiro atoms. The fraction of sp³-hybridized carbons (Fsp3) is 0. The molecule has 0 saturated carbocycles. The molecule has 0 heterocycles. The molecule has 0 amide bonds. The summed E-state index contributed by atoms with van der Waals surface area (Å²) in [5.41, 5.74) is 8.80. The van der Waals surface area contributed by atoms with Crippen molar-refractivity contribution in [2.75, 3.05) is 0 Å². The minimum atomic E-state index is 0.147. The Hall–Kier alpha value is -3.19. The number of fused-ring (bicyclic) bond motifs is 7. The maximum atomic E-state index is 12.9. The van der Waals surface area contributed by atoms with E-state index in [1.807, 2.05) is 18.2 Å². The summed E-state index contributed by atoms with van der Waals surface area (Å²) in [7, 11) is 0. The third-order valence-electron chi connectivity index (χ3n) is 5.35. The van der Waals surface area contributed by atoms with Gasteiger partial charge in [0.2, 0.25) is 0 Å². The van der Waals surface area contributed by atoms with Crippen molar-refractivity contribution < 1.29 is 4.79 Å². The highest BCUT2D eigenvalue weighted by molar-refractivity contribution is 6.30. The molecule has 6 rings (SSSR count). The van der Waals surface area contributed by atoms with Gasteiger partial charge in [0.1, 0.15) is 0 Å². The van der Waals surface area contributed by atoms with Gasteiger partial charge in [-0.3, -0.25) is 4.79 Å². The molecular weight excluding hydrogens is 292 g/mol. The van der Waals surface area contributed by atoms with E-state index in [9.17, 15) is 4.79 Å². The number of rotatable bonds is 0. The molecule has 2 aliphatic rings. The van der Waals surface area contributed by atoms with E-state index in [-0.39, 0.29) is 5.78 Å². The summed E-state index contributed by atoms with van der Waals surface area (Å²) in [5, 5.41) is 2.47. The summed E-state index contributed by atoms with van der Waals surface area (Å²) < 4.78 is 0. The third kappa shape index (κ3) is 1.26. The molecule has 0 aromatic heterocycles. The molecule has 0 N–H and O–H groups in total. The third-order valence-corrected chi connectivity index (χ3v) is 5.35. The number of hydrogen-bond acceptors (Lipinski definition) is 1. The van der Waals surface area contributed by atoms with Gasteiger partial charge < -0.3 is 0 Å². The van der Waals surface area contributed by atoms with Gasteiger partial charge in [0.15, 0.2) is 5.78 Å². The summed E-state index contributed by atoms with van der Waals surface area (Å²) >= 11 is 0. The van der Waals surface area contributed by atoms with Gasteiger partial charge in [-0.1, -0.05) is 66.7 Å². The van der Waals surface area contributed by atoms with Gasteiger partial charge in [0, 0.05) is 16.7 Å². The van der Waals surface area contributed by atoms with Gasteiger partial charge in [-0.2, -0.15) is 0 Å².